The van der Waals surface area contributed by atoms with E-state index in [1.54, 1.807) is 12.1 Å². The van der Waals surface area contributed by atoms with Crippen molar-refractivity contribution in [2.24, 2.45) is 0 Å². The lowest BCUT2D eigenvalue weighted by Gasteiger charge is -2.36. The van der Waals surface area contributed by atoms with Crippen LogP contribution >= 0.6 is 0 Å². The number of benzene rings is 1. The lowest BCUT2D eigenvalue weighted by Crippen LogP contribution is -2.44. The molecule has 5 nitrogen and oxygen atoms in total. The summed E-state index contributed by atoms with van der Waals surface area (Å²) < 4.78 is 5.36. The highest BCUT2D eigenvalue weighted by molar-refractivity contribution is 5.90. The van der Waals surface area contributed by atoms with Gasteiger partial charge in [-0.2, -0.15) is 0 Å². The average Bonchev–Trinajstić information content (AvgIpc) is 2.30. The smallest absolute Gasteiger partial charge is 0.335 e. The highest BCUT2D eigenvalue weighted by Crippen LogP contribution is 2.27. The van der Waals surface area contributed by atoms with E-state index in [4.69, 9.17) is 15.6 Å². The van der Waals surface area contributed by atoms with Crippen molar-refractivity contribution in [3.05, 3.63) is 23.8 Å². The number of anilines is 2. The van der Waals surface area contributed by atoms with E-state index in [-0.39, 0.29) is 11.6 Å². The number of carbonyl (C=O) groups is 1. The molecule has 1 atom stereocenters. The molecular formula is C12H16N2O3. The van der Waals surface area contributed by atoms with E-state index in [9.17, 15) is 4.79 Å². The van der Waals surface area contributed by atoms with Crippen molar-refractivity contribution >= 4 is 17.3 Å². The molecule has 0 aromatic heterocycles. The van der Waals surface area contributed by atoms with E-state index in [1.165, 1.54) is 6.07 Å². The molecule has 92 valence electrons. The van der Waals surface area contributed by atoms with Crippen LogP contribution in [-0.2, 0) is 4.74 Å². The molecule has 5 heteroatoms. The molecule has 1 saturated heterocycles. The number of nitrogens with two attached hydrogens (primary N) is 1. The Bertz CT molecular complexity index is 434. The Morgan fingerprint density at radius 2 is 2.35 bits per heavy atom. The zero-order valence-corrected chi connectivity index (χ0v) is 9.72. The number of carboxylic acid groups (broad SMARTS) is 1. The third kappa shape index (κ3) is 2.34. The zero-order chi connectivity index (χ0) is 12.4. The van der Waals surface area contributed by atoms with Gasteiger partial charge in [-0.3, -0.25) is 0 Å². The normalized spacial score (nSPS) is 20.3. The molecule has 1 aromatic carbocycles. The van der Waals surface area contributed by atoms with Gasteiger partial charge >= 0.3 is 5.97 Å². The first-order valence-corrected chi connectivity index (χ1v) is 5.57. The van der Waals surface area contributed by atoms with Crippen LogP contribution in [0.3, 0.4) is 0 Å². The Labute approximate surface area is 99.8 Å². The van der Waals surface area contributed by atoms with Crippen molar-refractivity contribution in [2.45, 2.75) is 13.0 Å². The van der Waals surface area contributed by atoms with Gasteiger partial charge in [-0.1, -0.05) is 0 Å². The SMILES string of the molecule is CC1COCCN1c1ccc(C(=O)O)cc1N. The summed E-state index contributed by atoms with van der Waals surface area (Å²) in [7, 11) is 0. The lowest BCUT2D eigenvalue weighted by molar-refractivity contribution is 0.0697. The molecule has 1 heterocycles. The van der Waals surface area contributed by atoms with Crippen LogP contribution in [0.2, 0.25) is 0 Å². The number of hydrogen-bond donors (Lipinski definition) is 2. The van der Waals surface area contributed by atoms with Gasteiger partial charge in [0.2, 0.25) is 0 Å². The molecule has 1 unspecified atom stereocenters. The topological polar surface area (TPSA) is 75.8 Å². The highest BCUT2D eigenvalue weighted by atomic mass is 16.5. The molecule has 1 aromatic rings. The van der Waals surface area contributed by atoms with Crippen LogP contribution < -0.4 is 10.6 Å². The van der Waals surface area contributed by atoms with E-state index in [0.29, 0.717) is 18.9 Å². The summed E-state index contributed by atoms with van der Waals surface area (Å²) in [5, 5.41) is 8.87. The van der Waals surface area contributed by atoms with Crippen molar-refractivity contribution in [3.8, 4) is 0 Å². The molecule has 0 spiro atoms. The van der Waals surface area contributed by atoms with Gasteiger partial charge in [0.05, 0.1) is 30.2 Å². The van der Waals surface area contributed by atoms with E-state index in [1.807, 2.05) is 0 Å². The van der Waals surface area contributed by atoms with Gasteiger partial charge in [-0.05, 0) is 25.1 Å². The largest absolute Gasteiger partial charge is 0.478 e. The molecule has 0 bridgehead atoms. The number of rotatable bonds is 2. The predicted molar refractivity (Wildman–Crippen MR) is 65.4 cm³/mol. The van der Waals surface area contributed by atoms with Crippen molar-refractivity contribution < 1.29 is 14.6 Å². The van der Waals surface area contributed by atoms with Gasteiger partial charge in [0, 0.05) is 12.6 Å². The number of hydrogen-bond acceptors (Lipinski definition) is 4. The van der Waals surface area contributed by atoms with Crippen molar-refractivity contribution in [2.75, 3.05) is 30.4 Å². The first-order valence-electron chi connectivity index (χ1n) is 5.57. The Hall–Kier alpha value is -1.75. The van der Waals surface area contributed by atoms with Crippen LogP contribution in [-0.4, -0.2) is 36.9 Å². The second-order valence-corrected chi connectivity index (χ2v) is 4.20. The Morgan fingerprint density at radius 1 is 1.59 bits per heavy atom. The molecule has 0 aliphatic carbocycles. The zero-order valence-electron chi connectivity index (χ0n) is 9.72. The molecule has 0 radical (unpaired) electrons. The van der Waals surface area contributed by atoms with Gasteiger partial charge in [-0.25, -0.2) is 4.79 Å². The number of carboxylic acids is 1. The van der Waals surface area contributed by atoms with Crippen LogP contribution in [0, 0.1) is 0 Å². The first-order chi connectivity index (χ1) is 8.09. The van der Waals surface area contributed by atoms with Gasteiger partial charge in [-0.15, -0.1) is 0 Å². The molecule has 1 aliphatic heterocycles. The van der Waals surface area contributed by atoms with Crippen molar-refractivity contribution in [1.82, 2.24) is 0 Å². The van der Waals surface area contributed by atoms with Crippen LogP contribution in [0.15, 0.2) is 18.2 Å². The fourth-order valence-electron chi connectivity index (χ4n) is 2.03. The fraction of sp³-hybridized carbons (Fsp3) is 0.417. The molecule has 1 aliphatic rings. The van der Waals surface area contributed by atoms with Gasteiger partial charge in [0.25, 0.3) is 0 Å². The Morgan fingerprint density at radius 3 is 2.94 bits per heavy atom. The Kier molecular flexibility index (Phi) is 3.19. The van der Waals surface area contributed by atoms with Gasteiger partial charge in [0.1, 0.15) is 0 Å². The minimum atomic E-state index is -0.960. The van der Waals surface area contributed by atoms with Gasteiger partial charge < -0.3 is 20.5 Å². The third-order valence-corrected chi connectivity index (χ3v) is 2.95. The molecule has 17 heavy (non-hydrogen) atoms. The summed E-state index contributed by atoms with van der Waals surface area (Å²) in [6, 6.07) is 5.10. The summed E-state index contributed by atoms with van der Waals surface area (Å²) >= 11 is 0. The molecule has 0 amide bonds. The molecular weight excluding hydrogens is 220 g/mol. The van der Waals surface area contributed by atoms with E-state index in [2.05, 4.69) is 11.8 Å². The van der Waals surface area contributed by atoms with E-state index >= 15 is 0 Å². The number of nitrogens with zero attached hydrogens (tertiary/aromatic N) is 1. The average molecular weight is 236 g/mol. The lowest BCUT2D eigenvalue weighted by atomic mass is 10.1. The number of ether oxygens (including phenoxy) is 1. The molecule has 2 rings (SSSR count). The third-order valence-electron chi connectivity index (χ3n) is 2.95. The monoisotopic (exact) mass is 236 g/mol. The molecule has 1 fully saturated rings. The summed E-state index contributed by atoms with van der Waals surface area (Å²) in [5.41, 5.74) is 7.50. The van der Waals surface area contributed by atoms with Crippen molar-refractivity contribution in [1.29, 1.82) is 0 Å². The first kappa shape index (κ1) is 11.7. The van der Waals surface area contributed by atoms with E-state index in [0.717, 1.165) is 12.2 Å². The minimum absolute atomic E-state index is 0.215. The maximum Gasteiger partial charge on any atom is 0.335 e. The van der Waals surface area contributed by atoms with Crippen LogP contribution in [0.25, 0.3) is 0 Å². The number of aromatic carboxylic acids is 1. The highest BCUT2D eigenvalue weighted by Gasteiger charge is 2.21. The number of morpholine rings is 1. The van der Waals surface area contributed by atoms with Crippen molar-refractivity contribution in [3.63, 3.8) is 0 Å². The van der Waals surface area contributed by atoms with E-state index < -0.39 is 5.97 Å². The van der Waals surface area contributed by atoms with Gasteiger partial charge in [0.15, 0.2) is 0 Å². The quantitative estimate of drug-likeness (QED) is 0.754. The fourth-order valence-corrected chi connectivity index (χ4v) is 2.03. The summed E-state index contributed by atoms with van der Waals surface area (Å²) in [5.74, 6) is -0.960. The van der Waals surface area contributed by atoms with Crippen LogP contribution in [0.4, 0.5) is 11.4 Å². The standard InChI is InChI=1S/C12H16N2O3/c1-8-7-17-5-4-14(8)11-3-2-9(12(15)16)6-10(11)13/h2-3,6,8H,4-5,7,13H2,1H3,(H,15,16). The summed E-state index contributed by atoms with van der Waals surface area (Å²) in [6.45, 7) is 4.17. The second-order valence-electron chi connectivity index (χ2n) is 4.20. The second kappa shape index (κ2) is 4.63. The minimum Gasteiger partial charge on any atom is -0.478 e. The number of nitrogen functional groups attached to an aromatic ring is 1. The predicted octanol–water partition coefficient (Wildman–Crippen LogP) is 1.19. The maximum absolute atomic E-state index is 10.8. The van der Waals surface area contributed by atoms with Crippen LogP contribution in [0.1, 0.15) is 17.3 Å². The van der Waals surface area contributed by atoms with Crippen LogP contribution in [0.5, 0.6) is 0 Å². The summed E-state index contributed by atoms with van der Waals surface area (Å²) in [6.07, 6.45) is 0. The Balaban J connectivity index is 2.29. The maximum atomic E-state index is 10.8. The molecule has 0 saturated carbocycles. The summed E-state index contributed by atoms with van der Waals surface area (Å²) in [4.78, 5) is 13.0. The molecule has 3 N–H and O–H groups in total.